The Morgan fingerprint density at radius 3 is 2.68 bits per heavy atom. The van der Waals surface area contributed by atoms with Gasteiger partial charge in [-0.3, -0.25) is 4.79 Å². The minimum Gasteiger partial charge on any atom is -0.378 e. The summed E-state index contributed by atoms with van der Waals surface area (Å²) in [6.45, 7) is 7.66. The van der Waals surface area contributed by atoms with Gasteiger partial charge in [0.1, 0.15) is 5.82 Å². The molecule has 4 rings (SSSR count). The lowest BCUT2D eigenvalue weighted by molar-refractivity contribution is -0.175. The van der Waals surface area contributed by atoms with E-state index in [4.69, 9.17) is 4.74 Å². The second kappa shape index (κ2) is 8.30. The molecule has 1 N–H and O–H groups in total. The molecule has 4 unspecified atom stereocenters. The number of likely N-dealkylation sites (tertiary alicyclic amines) is 1. The monoisotopic (exact) mass is 442 g/mol. The summed E-state index contributed by atoms with van der Waals surface area (Å²) in [5, 5.41) is 7.65. The largest absolute Gasteiger partial charge is 0.410 e. The molecule has 6 nitrogen and oxygen atoms in total. The standard InChI is InChI=1S/C22H33F3N4O2/c1-21(2,3)17-12-18(22(23,24)25)29-19(26-17)11-16(27-29)14-7-8-28(13-14)20(30)10-15-6-4-5-9-31-15/h11,14-15,17-18,26H,4-10,12-13H2,1-3H3. The second-order valence-corrected chi connectivity index (χ2v) is 10.3. The Bertz CT molecular complexity index is 796. The number of ether oxygens (including phenoxy) is 1. The molecule has 2 saturated heterocycles. The van der Waals surface area contributed by atoms with Gasteiger partial charge >= 0.3 is 6.18 Å². The van der Waals surface area contributed by atoms with Gasteiger partial charge in [0.05, 0.1) is 18.2 Å². The van der Waals surface area contributed by atoms with E-state index in [0.29, 0.717) is 44.0 Å². The number of hydrogen-bond acceptors (Lipinski definition) is 4. The minimum absolute atomic E-state index is 0.00806. The van der Waals surface area contributed by atoms with E-state index in [0.717, 1.165) is 23.9 Å². The van der Waals surface area contributed by atoms with E-state index in [1.54, 1.807) is 6.07 Å². The molecular formula is C22H33F3N4O2. The molecule has 1 aromatic rings. The first-order chi connectivity index (χ1) is 14.5. The molecule has 1 aromatic heterocycles. The van der Waals surface area contributed by atoms with Crippen molar-refractivity contribution in [1.29, 1.82) is 0 Å². The van der Waals surface area contributed by atoms with Crippen LogP contribution in [0.5, 0.6) is 0 Å². The number of nitrogens with zero attached hydrogens (tertiary/aromatic N) is 3. The van der Waals surface area contributed by atoms with Crippen LogP contribution in [0.25, 0.3) is 0 Å². The van der Waals surface area contributed by atoms with Crippen molar-refractivity contribution in [3.8, 4) is 0 Å². The molecule has 31 heavy (non-hydrogen) atoms. The summed E-state index contributed by atoms with van der Waals surface area (Å²) < 4.78 is 48.2. The van der Waals surface area contributed by atoms with Gasteiger partial charge in [-0.25, -0.2) is 4.68 Å². The summed E-state index contributed by atoms with van der Waals surface area (Å²) in [6.07, 6.45) is -0.264. The van der Waals surface area contributed by atoms with Crippen LogP contribution in [0.2, 0.25) is 0 Å². The van der Waals surface area contributed by atoms with E-state index >= 15 is 0 Å². The summed E-state index contributed by atoms with van der Waals surface area (Å²) in [5.74, 6) is 0.444. The molecule has 4 heterocycles. The van der Waals surface area contributed by atoms with Gasteiger partial charge < -0.3 is 15.0 Å². The fraction of sp³-hybridized carbons (Fsp3) is 0.818. The van der Waals surface area contributed by atoms with Crippen LogP contribution >= 0.6 is 0 Å². The van der Waals surface area contributed by atoms with Crippen molar-refractivity contribution >= 4 is 11.7 Å². The number of hydrogen-bond donors (Lipinski definition) is 1. The molecule has 9 heteroatoms. The SMILES string of the molecule is CC(C)(C)C1CC(C(F)(F)F)n2nc(C3CCN(C(=O)CC4CCCCO4)C3)cc2N1. The van der Waals surface area contributed by atoms with Gasteiger partial charge in [-0.1, -0.05) is 20.8 Å². The first kappa shape index (κ1) is 22.4. The molecule has 3 aliphatic rings. The Morgan fingerprint density at radius 2 is 2.03 bits per heavy atom. The molecular weight excluding hydrogens is 409 g/mol. The zero-order valence-corrected chi connectivity index (χ0v) is 18.5. The van der Waals surface area contributed by atoms with Crippen LogP contribution in [0.15, 0.2) is 6.07 Å². The Balaban J connectivity index is 1.47. The molecule has 3 aliphatic heterocycles. The Kier molecular flexibility index (Phi) is 6.00. The highest BCUT2D eigenvalue weighted by molar-refractivity contribution is 5.77. The number of carbonyl (C=O) groups is 1. The number of halogens is 3. The molecule has 4 atom stereocenters. The number of anilines is 1. The van der Waals surface area contributed by atoms with Gasteiger partial charge in [0.15, 0.2) is 6.04 Å². The number of carbonyl (C=O) groups excluding carboxylic acids is 1. The third-order valence-corrected chi connectivity index (χ3v) is 6.89. The van der Waals surface area contributed by atoms with Crippen molar-refractivity contribution in [1.82, 2.24) is 14.7 Å². The summed E-state index contributed by atoms with van der Waals surface area (Å²) in [5.41, 5.74) is 0.326. The average molecular weight is 443 g/mol. The molecule has 0 saturated carbocycles. The van der Waals surface area contributed by atoms with E-state index in [1.807, 2.05) is 25.7 Å². The van der Waals surface area contributed by atoms with Crippen LogP contribution in [0.1, 0.15) is 76.9 Å². The van der Waals surface area contributed by atoms with E-state index in [-0.39, 0.29) is 35.8 Å². The molecule has 0 bridgehead atoms. The number of rotatable bonds is 3. The lowest BCUT2D eigenvalue weighted by atomic mass is 9.82. The van der Waals surface area contributed by atoms with Gasteiger partial charge in [0.2, 0.25) is 5.91 Å². The number of amides is 1. The van der Waals surface area contributed by atoms with Crippen molar-refractivity contribution in [2.45, 2.75) is 89.6 Å². The normalized spacial score (nSPS) is 29.5. The summed E-state index contributed by atoms with van der Waals surface area (Å²) in [4.78, 5) is 14.5. The fourth-order valence-corrected chi connectivity index (χ4v) is 4.88. The average Bonchev–Trinajstić information content (AvgIpc) is 3.33. The predicted octanol–water partition coefficient (Wildman–Crippen LogP) is 4.49. The third kappa shape index (κ3) is 4.86. The van der Waals surface area contributed by atoms with Gasteiger partial charge in [-0.2, -0.15) is 18.3 Å². The molecule has 0 radical (unpaired) electrons. The van der Waals surface area contributed by atoms with Crippen molar-refractivity contribution in [2.24, 2.45) is 5.41 Å². The minimum atomic E-state index is -4.36. The lowest BCUT2D eigenvalue weighted by Crippen LogP contribution is -2.44. The van der Waals surface area contributed by atoms with Gasteiger partial charge in [-0.05, 0) is 37.5 Å². The van der Waals surface area contributed by atoms with Gasteiger partial charge in [-0.15, -0.1) is 0 Å². The van der Waals surface area contributed by atoms with Crippen LogP contribution in [0.4, 0.5) is 19.0 Å². The first-order valence-electron chi connectivity index (χ1n) is 11.3. The van der Waals surface area contributed by atoms with E-state index in [9.17, 15) is 18.0 Å². The quantitative estimate of drug-likeness (QED) is 0.749. The highest BCUT2D eigenvalue weighted by Gasteiger charge is 2.48. The molecule has 174 valence electrons. The van der Waals surface area contributed by atoms with Crippen LogP contribution in [0.3, 0.4) is 0 Å². The Labute approximate surface area is 181 Å². The predicted molar refractivity (Wildman–Crippen MR) is 111 cm³/mol. The Morgan fingerprint density at radius 1 is 1.26 bits per heavy atom. The number of fused-ring (bicyclic) bond motifs is 1. The molecule has 0 aromatic carbocycles. The van der Waals surface area contributed by atoms with E-state index < -0.39 is 12.2 Å². The highest BCUT2D eigenvalue weighted by Crippen LogP contribution is 2.44. The lowest BCUT2D eigenvalue weighted by Gasteiger charge is -2.39. The zero-order valence-electron chi connectivity index (χ0n) is 18.5. The fourth-order valence-electron chi connectivity index (χ4n) is 4.88. The van der Waals surface area contributed by atoms with Crippen LogP contribution in [-0.2, 0) is 9.53 Å². The van der Waals surface area contributed by atoms with E-state index in [1.165, 1.54) is 0 Å². The van der Waals surface area contributed by atoms with Crippen molar-refractivity contribution in [3.05, 3.63) is 11.8 Å². The summed E-state index contributed by atoms with van der Waals surface area (Å²) >= 11 is 0. The summed E-state index contributed by atoms with van der Waals surface area (Å²) in [6, 6.07) is -0.183. The third-order valence-electron chi connectivity index (χ3n) is 6.89. The maximum atomic E-state index is 13.8. The number of nitrogens with one attached hydrogen (secondary N) is 1. The van der Waals surface area contributed by atoms with Gasteiger partial charge in [0.25, 0.3) is 0 Å². The summed E-state index contributed by atoms with van der Waals surface area (Å²) in [7, 11) is 0. The topological polar surface area (TPSA) is 59.4 Å². The van der Waals surface area contributed by atoms with Crippen molar-refractivity contribution in [2.75, 3.05) is 25.0 Å². The van der Waals surface area contributed by atoms with Crippen molar-refractivity contribution in [3.63, 3.8) is 0 Å². The molecule has 2 fully saturated rings. The smallest absolute Gasteiger partial charge is 0.378 e. The zero-order chi connectivity index (χ0) is 22.4. The van der Waals surface area contributed by atoms with Gasteiger partial charge in [0, 0.05) is 37.7 Å². The molecule has 0 spiro atoms. The van der Waals surface area contributed by atoms with Crippen molar-refractivity contribution < 1.29 is 22.7 Å². The maximum Gasteiger partial charge on any atom is 0.410 e. The van der Waals surface area contributed by atoms with Crippen LogP contribution in [-0.4, -0.2) is 58.6 Å². The van der Waals surface area contributed by atoms with Crippen LogP contribution in [0, 0.1) is 5.41 Å². The van der Waals surface area contributed by atoms with Crippen LogP contribution < -0.4 is 5.32 Å². The first-order valence-corrected chi connectivity index (χ1v) is 11.3. The number of aromatic nitrogens is 2. The van der Waals surface area contributed by atoms with E-state index in [2.05, 4.69) is 10.4 Å². The number of alkyl halides is 3. The molecule has 1 amide bonds. The highest BCUT2D eigenvalue weighted by atomic mass is 19.4. The molecule has 0 aliphatic carbocycles. The maximum absolute atomic E-state index is 13.8. The second-order valence-electron chi connectivity index (χ2n) is 10.3. The Hall–Kier alpha value is -1.77.